The van der Waals surface area contributed by atoms with Crippen LogP contribution in [0.4, 0.5) is 0 Å². The molecule has 0 radical (unpaired) electrons. The Morgan fingerprint density at radius 3 is 1.58 bits per heavy atom. The molecular formula is C28H22OS2. The van der Waals surface area contributed by atoms with Crippen LogP contribution in [0, 0.1) is 0 Å². The van der Waals surface area contributed by atoms with Crippen LogP contribution in [-0.2, 0) is 0 Å². The van der Waals surface area contributed by atoms with E-state index in [1.54, 1.807) is 7.11 Å². The van der Waals surface area contributed by atoms with Gasteiger partial charge in [-0.25, -0.2) is 0 Å². The molecule has 0 saturated carbocycles. The molecule has 1 nitrogen and oxygen atoms in total. The van der Waals surface area contributed by atoms with Crippen molar-refractivity contribution in [1.29, 1.82) is 0 Å². The third-order valence-corrected chi connectivity index (χ3v) is 7.89. The van der Waals surface area contributed by atoms with E-state index < -0.39 is 0 Å². The number of hydrogen-bond acceptors (Lipinski definition) is 3. The van der Waals surface area contributed by atoms with Crippen LogP contribution in [0.25, 0.3) is 21.5 Å². The summed E-state index contributed by atoms with van der Waals surface area (Å²) in [6.45, 7) is 0. The molecule has 0 atom stereocenters. The van der Waals surface area contributed by atoms with Crippen molar-refractivity contribution in [1.82, 2.24) is 0 Å². The summed E-state index contributed by atoms with van der Waals surface area (Å²) in [5, 5.41) is 5.06. The van der Waals surface area contributed by atoms with E-state index in [1.165, 1.54) is 36.9 Å². The summed E-state index contributed by atoms with van der Waals surface area (Å²) in [6, 6.07) is 38.8. The van der Waals surface area contributed by atoms with Gasteiger partial charge in [0.05, 0.1) is 11.7 Å². The third kappa shape index (κ3) is 4.43. The van der Waals surface area contributed by atoms with E-state index in [1.807, 2.05) is 35.7 Å². The van der Waals surface area contributed by atoms with Crippen molar-refractivity contribution < 1.29 is 4.74 Å². The summed E-state index contributed by atoms with van der Waals surface area (Å²) in [5.41, 5.74) is 1.20. The van der Waals surface area contributed by atoms with Crippen LogP contribution in [0.5, 0.6) is 5.75 Å². The standard InChI is InChI=1S/C28H22OS2/c1-29-27-13-7-6-12-26(27)28(30-24-16-14-20-8-2-4-10-22(20)18-24)31-25-17-15-21-9-3-5-11-23(21)19-25/h2-19,28H,1H3. The largest absolute Gasteiger partial charge is 0.496 e. The zero-order valence-electron chi connectivity index (χ0n) is 17.2. The van der Waals surface area contributed by atoms with E-state index in [9.17, 15) is 0 Å². The summed E-state index contributed by atoms with van der Waals surface area (Å²) < 4.78 is 5.88. The molecule has 0 spiro atoms. The van der Waals surface area contributed by atoms with E-state index in [2.05, 4.69) is 97.1 Å². The minimum absolute atomic E-state index is 0.165. The van der Waals surface area contributed by atoms with Gasteiger partial charge in [0.2, 0.25) is 0 Å². The summed E-state index contributed by atoms with van der Waals surface area (Å²) in [4.78, 5) is 2.51. The fourth-order valence-electron chi connectivity index (χ4n) is 3.74. The van der Waals surface area contributed by atoms with Gasteiger partial charge in [-0.3, -0.25) is 0 Å². The first-order chi connectivity index (χ1) is 15.3. The number of hydrogen-bond donors (Lipinski definition) is 0. The highest BCUT2D eigenvalue weighted by molar-refractivity contribution is 8.16. The minimum Gasteiger partial charge on any atom is -0.496 e. The zero-order valence-corrected chi connectivity index (χ0v) is 18.8. The minimum atomic E-state index is 0.165. The Hall–Kier alpha value is -2.88. The lowest BCUT2D eigenvalue weighted by molar-refractivity contribution is 0.411. The van der Waals surface area contributed by atoms with Gasteiger partial charge < -0.3 is 4.74 Å². The second-order valence-electron chi connectivity index (χ2n) is 7.33. The van der Waals surface area contributed by atoms with Crippen molar-refractivity contribution in [3.05, 3.63) is 115 Å². The second-order valence-corrected chi connectivity index (χ2v) is 9.98. The molecule has 5 aromatic carbocycles. The summed E-state index contributed by atoms with van der Waals surface area (Å²) in [7, 11) is 1.75. The van der Waals surface area contributed by atoms with Crippen LogP contribution in [0.3, 0.4) is 0 Å². The van der Waals surface area contributed by atoms with Gasteiger partial charge in [0.25, 0.3) is 0 Å². The van der Waals surface area contributed by atoms with E-state index in [0.717, 1.165) is 5.75 Å². The predicted molar refractivity (Wildman–Crippen MR) is 135 cm³/mol. The van der Waals surface area contributed by atoms with Crippen molar-refractivity contribution in [2.75, 3.05) is 7.11 Å². The Labute approximate surface area is 191 Å². The monoisotopic (exact) mass is 438 g/mol. The average Bonchev–Trinajstić information content (AvgIpc) is 2.83. The quantitative estimate of drug-likeness (QED) is 0.194. The lowest BCUT2D eigenvalue weighted by Crippen LogP contribution is -1.95. The number of thioether (sulfide) groups is 2. The Morgan fingerprint density at radius 1 is 0.548 bits per heavy atom. The average molecular weight is 439 g/mol. The number of methoxy groups -OCH3 is 1. The van der Waals surface area contributed by atoms with Gasteiger partial charge in [-0.1, -0.05) is 78.9 Å². The maximum Gasteiger partial charge on any atom is 0.124 e. The van der Waals surface area contributed by atoms with Gasteiger partial charge in [0, 0.05) is 15.4 Å². The fourth-order valence-corrected chi connectivity index (χ4v) is 6.42. The second kappa shape index (κ2) is 9.09. The maximum absolute atomic E-state index is 5.72. The van der Waals surface area contributed by atoms with Gasteiger partial charge in [0.1, 0.15) is 5.75 Å². The van der Waals surface area contributed by atoms with Crippen LogP contribution in [0.2, 0.25) is 0 Å². The molecule has 0 heterocycles. The van der Waals surface area contributed by atoms with Gasteiger partial charge >= 0.3 is 0 Å². The van der Waals surface area contributed by atoms with E-state index in [0.29, 0.717) is 0 Å². The normalized spacial score (nSPS) is 11.3. The Bertz CT molecular complexity index is 1260. The zero-order chi connectivity index (χ0) is 21.0. The highest BCUT2D eigenvalue weighted by atomic mass is 32.2. The molecule has 0 unspecified atom stereocenters. The Morgan fingerprint density at radius 2 is 1.03 bits per heavy atom. The number of para-hydroxylation sites is 1. The SMILES string of the molecule is COc1ccccc1C(Sc1ccc2ccccc2c1)Sc1ccc2ccccc2c1. The molecule has 0 aliphatic heterocycles. The number of fused-ring (bicyclic) bond motifs is 2. The van der Waals surface area contributed by atoms with Gasteiger partial charge in [-0.2, -0.15) is 0 Å². The molecule has 3 heteroatoms. The number of ether oxygens (including phenoxy) is 1. The predicted octanol–water partition coefficient (Wildman–Crippen LogP) is 8.58. The highest BCUT2D eigenvalue weighted by Crippen LogP contribution is 2.50. The smallest absolute Gasteiger partial charge is 0.124 e. The van der Waals surface area contributed by atoms with Gasteiger partial charge in [0.15, 0.2) is 0 Å². The van der Waals surface area contributed by atoms with E-state index >= 15 is 0 Å². The van der Waals surface area contributed by atoms with Crippen LogP contribution in [-0.4, -0.2) is 7.11 Å². The first-order valence-electron chi connectivity index (χ1n) is 10.2. The van der Waals surface area contributed by atoms with Crippen LogP contribution < -0.4 is 4.74 Å². The van der Waals surface area contributed by atoms with Crippen LogP contribution in [0.1, 0.15) is 10.1 Å². The molecule has 0 aliphatic rings. The first-order valence-corrected chi connectivity index (χ1v) is 12.0. The van der Waals surface area contributed by atoms with Crippen molar-refractivity contribution in [2.24, 2.45) is 0 Å². The lowest BCUT2D eigenvalue weighted by atomic mass is 10.1. The molecular weight excluding hydrogens is 416 g/mol. The summed E-state index contributed by atoms with van der Waals surface area (Å²) in [6.07, 6.45) is 0. The summed E-state index contributed by atoms with van der Waals surface area (Å²) >= 11 is 3.74. The van der Waals surface area contributed by atoms with Gasteiger partial charge in [-0.15, -0.1) is 23.5 Å². The van der Waals surface area contributed by atoms with Crippen molar-refractivity contribution >= 4 is 45.1 Å². The first kappa shape index (κ1) is 20.0. The Balaban J connectivity index is 1.52. The van der Waals surface area contributed by atoms with Crippen LogP contribution >= 0.6 is 23.5 Å². The molecule has 152 valence electrons. The molecule has 0 N–H and O–H groups in total. The fraction of sp³-hybridized carbons (Fsp3) is 0.0714. The molecule has 0 bridgehead atoms. The highest BCUT2D eigenvalue weighted by Gasteiger charge is 2.19. The topological polar surface area (TPSA) is 9.23 Å². The molecule has 0 fully saturated rings. The maximum atomic E-state index is 5.72. The van der Waals surface area contributed by atoms with Crippen molar-refractivity contribution in [3.63, 3.8) is 0 Å². The lowest BCUT2D eigenvalue weighted by Gasteiger charge is -2.20. The summed E-state index contributed by atoms with van der Waals surface area (Å²) in [5.74, 6) is 0.925. The molecule has 0 saturated heterocycles. The van der Waals surface area contributed by atoms with Crippen molar-refractivity contribution in [2.45, 2.75) is 14.4 Å². The number of benzene rings is 5. The van der Waals surface area contributed by atoms with Crippen molar-refractivity contribution in [3.8, 4) is 5.75 Å². The molecule has 31 heavy (non-hydrogen) atoms. The molecule has 5 rings (SSSR count). The number of rotatable bonds is 6. The third-order valence-electron chi connectivity index (χ3n) is 5.32. The Kier molecular flexibility index (Phi) is 5.88. The van der Waals surface area contributed by atoms with E-state index in [-0.39, 0.29) is 4.58 Å². The molecule has 0 amide bonds. The van der Waals surface area contributed by atoms with Crippen LogP contribution in [0.15, 0.2) is 119 Å². The van der Waals surface area contributed by atoms with E-state index in [4.69, 9.17) is 4.74 Å². The van der Waals surface area contributed by atoms with Gasteiger partial charge in [-0.05, 0) is 51.9 Å². The molecule has 0 aliphatic carbocycles. The molecule has 5 aromatic rings. The molecule has 0 aromatic heterocycles.